The van der Waals surface area contributed by atoms with E-state index < -0.39 is 0 Å². The van der Waals surface area contributed by atoms with E-state index in [1.807, 2.05) is 0 Å². The molecule has 0 bridgehead atoms. The largest absolute Gasteiger partial charge is 0.351 e. The number of unbranched alkanes of at least 4 members (excludes halogenated alkanes) is 6. The Morgan fingerprint density at radius 1 is 0.632 bits per heavy atom. The lowest BCUT2D eigenvalue weighted by Gasteiger charge is -2.10. The summed E-state index contributed by atoms with van der Waals surface area (Å²) in [5.74, 6) is 9.94. The Bertz CT molecular complexity index is 166. The Labute approximate surface area is 116 Å². The normalized spacial score (nSPS) is 14.5. The predicted molar refractivity (Wildman–Crippen MR) is 73.7 cm³/mol. The molecule has 0 aliphatic rings. The lowest BCUT2D eigenvalue weighted by Crippen LogP contribution is -2.17. The van der Waals surface area contributed by atoms with Crippen molar-refractivity contribution in [2.24, 2.45) is 11.8 Å². The number of rotatable bonds is 14. The standard InChI is InChI=1S/C13H30N2O4/c1-12(18-14)16-10-8-6-4-3-5-7-9-11-17-13(2)19-15/h12-13H,3-11,14-15H2,1-2H3. The fraction of sp³-hybridized carbons (Fsp3) is 1.00. The van der Waals surface area contributed by atoms with Gasteiger partial charge >= 0.3 is 0 Å². The van der Waals surface area contributed by atoms with Crippen LogP contribution in [0.5, 0.6) is 0 Å². The average Bonchev–Trinajstić information content (AvgIpc) is 2.43. The van der Waals surface area contributed by atoms with Gasteiger partial charge in [-0.15, -0.1) is 0 Å². The van der Waals surface area contributed by atoms with E-state index in [-0.39, 0.29) is 12.6 Å². The average molecular weight is 278 g/mol. The molecule has 0 radical (unpaired) electrons. The van der Waals surface area contributed by atoms with Crippen LogP contribution in [-0.4, -0.2) is 25.8 Å². The molecule has 0 aromatic rings. The fourth-order valence-electron chi connectivity index (χ4n) is 1.67. The molecular weight excluding hydrogens is 248 g/mol. The van der Waals surface area contributed by atoms with E-state index in [2.05, 4.69) is 9.68 Å². The third-order valence-corrected chi connectivity index (χ3v) is 2.88. The first kappa shape index (κ1) is 18.8. The number of hydrogen-bond donors (Lipinski definition) is 2. The molecule has 4 N–H and O–H groups in total. The van der Waals surface area contributed by atoms with Gasteiger partial charge in [0.25, 0.3) is 0 Å². The molecule has 2 atom stereocenters. The summed E-state index contributed by atoms with van der Waals surface area (Å²) in [6.07, 6.45) is 7.61. The lowest BCUT2D eigenvalue weighted by molar-refractivity contribution is -0.133. The van der Waals surface area contributed by atoms with Gasteiger partial charge in [0, 0.05) is 13.2 Å². The molecular formula is C13H30N2O4. The minimum Gasteiger partial charge on any atom is -0.351 e. The highest BCUT2D eigenvalue weighted by Crippen LogP contribution is 2.08. The number of nitrogens with two attached hydrogens (primary N) is 2. The zero-order valence-corrected chi connectivity index (χ0v) is 12.3. The third-order valence-electron chi connectivity index (χ3n) is 2.88. The maximum atomic E-state index is 5.30. The molecule has 0 aliphatic heterocycles. The van der Waals surface area contributed by atoms with E-state index in [0.29, 0.717) is 13.2 Å². The van der Waals surface area contributed by atoms with Crippen LogP contribution in [0.2, 0.25) is 0 Å². The lowest BCUT2D eigenvalue weighted by atomic mass is 10.1. The van der Waals surface area contributed by atoms with Gasteiger partial charge in [-0.2, -0.15) is 0 Å². The van der Waals surface area contributed by atoms with Gasteiger partial charge < -0.3 is 9.47 Å². The molecule has 0 aromatic carbocycles. The summed E-state index contributed by atoms with van der Waals surface area (Å²) in [7, 11) is 0. The van der Waals surface area contributed by atoms with Crippen molar-refractivity contribution in [1.29, 1.82) is 0 Å². The van der Waals surface area contributed by atoms with E-state index in [1.165, 1.54) is 32.1 Å². The first-order valence-electron chi connectivity index (χ1n) is 7.15. The van der Waals surface area contributed by atoms with Crippen molar-refractivity contribution in [3.63, 3.8) is 0 Å². The Morgan fingerprint density at radius 2 is 0.947 bits per heavy atom. The topological polar surface area (TPSA) is 89.0 Å². The van der Waals surface area contributed by atoms with Crippen LogP contribution in [0.1, 0.15) is 58.8 Å². The summed E-state index contributed by atoms with van der Waals surface area (Å²) >= 11 is 0. The Kier molecular flexibility index (Phi) is 14.0. The highest BCUT2D eigenvalue weighted by molar-refractivity contribution is 4.46. The van der Waals surface area contributed by atoms with Crippen LogP contribution in [-0.2, 0) is 19.1 Å². The van der Waals surface area contributed by atoms with Gasteiger partial charge in [0.05, 0.1) is 0 Å². The van der Waals surface area contributed by atoms with Crippen LogP contribution in [0.15, 0.2) is 0 Å². The molecule has 19 heavy (non-hydrogen) atoms. The smallest absolute Gasteiger partial charge is 0.174 e. The molecule has 0 rings (SSSR count). The van der Waals surface area contributed by atoms with Crippen LogP contribution in [0.3, 0.4) is 0 Å². The molecule has 0 amide bonds. The number of hydrogen-bond acceptors (Lipinski definition) is 6. The van der Waals surface area contributed by atoms with E-state index in [1.54, 1.807) is 13.8 Å². The quantitative estimate of drug-likeness (QED) is 0.288. The van der Waals surface area contributed by atoms with Crippen molar-refractivity contribution in [2.45, 2.75) is 71.4 Å². The van der Waals surface area contributed by atoms with Crippen molar-refractivity contribution >= 4 is 0 Å². The van der Waals surface area contributed by atoms with Gasteiger partial charge in [0.2, 0.25) is 0 Å². The van der Waals surface area contributed by atoms with Crippen LogP contribution in [0.4, 0.5) is 0 Å². The second kappa shape index (κ2) is 14.2. The summed E-state index contributed by atoms with van der Waals surface area (Å²) in [5, 5.41) is 0. The molecule has 6 heteroatoms. The maximum absolute atomic E-state index is 5.30. The Hall–Kier alpha value is -0.240. The molecule has 0 aromatic heterocycles. The summed E-state index contributed by atoms with van der Waals surface area (Å²) < 4.78 is 10.6. The molecule has 0 spiro atoms. The SMILES string of the molecule is CC(ON)OCCCCCCCCCOC(C)ON. The van der Waals surface area contributed by atoms with Crippen molar-refractivity contribution in [1.82, 2.24) is 0 Å². The van der Waals surface area contributed by atoms with Crippen LogP contribution >= 0.6 is 0 Å². The molecule has 0 aliphatic carbocycles. The van der Waals surface area contributed by atoms with E-state index in [0.717, 1.165) is 12.8 Å². The highest BCUT2D eigenvalue weighted by Gasteiger charge is 1.99. The summed E-state index contributed by atoms with van der Waals surface area (Å²) in [5.41, 5.74) is 0. The molecule has 116 valence electrons. The first-order chi connectivity index (χ1) is 9.20. The molecule has 0 heterocycles. The van der Waals surface area contributed by atoms with E-state index in [9.17, 15) is 0 Å². The van der Waals surface area contributed by atoms with Gasteiger partial charge in [-0.1, -0.05) is 32.1 Å². The molecule has 0 saturated carbocycles. The van der Waals surface area contributed by atoms with Crippen molar-refractivity contribution < 1.29 is 19.1 Å². The third kappa shape index (κ3) is 14.0. The Morgan fingerprint density at radius 3 is 1.26 bits per heavy atom. The fourth-order valence-corrected chi connectivity index (χ4v) is 1.67. The molecule has 6 nitrogen and oxygen atoms in total. The summed E-state index contributed by atoms with van der Waals surface area (Å²) in [6.45, 7) is 5.00. The predicted octanol–water partition coefficient (Wildman–Crippen LogP) is 2.22. The van der Waals surface area contributed by atoms with Crippen LogP contribution in [0, 0.1) is 0 Å². The monoisotopic (exact) mass is 278 g/mol. The van der Waals surface area contributed by atoms with Gasteiger partial charge in [0.1, 0.15) is 0 Å². The van der Waals surface area contributed by atoms with Crippen molar-refractivity contribution in [3.05, 3.63) is 0 Å². The van der Waals surface area contributed by atoms with Gasteiger partial charge in [-0.05, 0) is 26.7 Å². The minimum absolute atomic E-state index is 0.306. The van der Waals surface area contributed by atoms with E-state index >= 15 is 0 Å². The maximum Gasteiger partial charge on any atom is 0.174 e. The Balaban J connectivity index is 3.03. The second-order valence-corrected chi connectivity index (χ2v) is 4.62. The van der Waals surface area contributed by atoms with Gasteiger partial charge in [-0.3, -0.25) is 9.68 Å². The molecule has 0 fully saturated rings. The summed E-state index contributed by atoms with van der Waals surface area (Å²) in [6, 6.07) is 0. The van der Waals surface area contributed by atoms with Crippen molar-refractivity contribution in [2.75, 3.05) is 13.2 Å². The zero-order chi connectivity index (χ0) is 14.3. The minimum atomic E-state index is -0.306. The van der Waals surface area contributed by atoms with Crippen LogP contribution < -0.4 is 11.8 Å². The van der Waals surface area contributed by atoms with Gasteiger partial charge in [0.15, 0.2) is 12.6 Å². The van der Waals surface area contributed by atoms with E-state index in [4.69, 9.17) is 21.3 Å². The molecule has 0 saturated heterocycles. The second-order valence-electron chi connectivity index (χ2n) is 4.62. The van der Waals surface area contributed by atoms with Crippen LogP contribution in [0.25, 0.3) is 0 Å². The number of ether oxygens (including phenoxy) is 2. The molecule has 2 unspecified atom stereocenters. The zero-order valence-electron chi connectivity index (χ0n) is 12.3. The first-order valence-corrected chi connectivity index (χ1v) is 7.15. The summed E-state index contributed by atoms with van der Waals surface area (Å²) in [4.78, 5) is 9.01. The highest BCUT2D eigenvalue weighted by atomic mass is 16.8. The van der Waals surface area contributed by atoms with Crippen molar-refractivity contribution in [3.8, 4) is 0 Å². The van der Waals surface area contributed by atoms with Gasteiger partial charge in [-0.25, -0.2) is 11.8 Å².